The highest BCUT2D eigenvalue weighted by molar-refractivity contribution is 6.05. The minimum absolute atomic E-state index is 0.105. The van der Waals surface area contributed by atoms with Crippen LogP contribution in [0.4, 0.5) is 0 Å². The average Bonchev–Trinajstić information content (AvgIpc) is 3.17. The first kappa shape index (κ1) is 13.4. The molecule has 4 aromatic rings. The average molecular weight is 306 g/mol. The first-order valence-corrected chi connectivity index (χ1v) is 7.18. The third kappa shape index (κ3) is 2.32. The smallest absolute Gasteiger partial charge is 0.256 e. The van der Waals surface area contributed by atoms with Gasteiger partial charge < -0.3 is 14.9 Å². The second-order valence-corrected chi connectivity index (χ2v) is 5.35. The third-order valence-electron chi connectivity index (χ3n) is 3.76. The van der Waals surface area contributed by atoms with Gasteiger partial charge in [-0.15, -0.1) is 0 Å². The van der Waals surface area contributed by atoms with Gasteiger partial charge in [0.05, 0.1) is 23.1 Å². The van der Waals surface area contributed by atoms with Crippen molar-refractivity contribution in [1.29, 1.82) is 0 Å². The van der Waals surface area contributed by atoms with Crippen LogP contribution in [0.1, 0.15) is 16.2 Å². The number of para-hydroxylation sites is 2. The van der Waals surface area contributed by atoms with Crippen LogP contribution < -0.4 is 0 Å². The number of imidazole rings is 1. The summed E-state index contributed by atoms with van der Waals surface area (Å²) in [5.41, 5.74) is 3.06. The predicted molar refractivity (Wildman–Crippen MR) is 85.8 cm³/mol. The molecular weight excluding hydrogens is 292 g/mol. The van der Waals surface area contributed by atoms with E-state index in [9.17, 15) is 4.79 Å². The number of rotatable bonds is 3. The van der Waals surface area contributed by atoms with Gasteiger partial charge in [-0.05, 0) is 12.1 Å². The van der Waals surface area contributed by atoms with Crippen LogP contribution in [-0.4, -0.2) is 42.8 Å². The Balaban J connectivity index is 1.60. The quantitative estimate of drug-likeness (QED) is 0.606. The molecule has 0 aliphatic carbocycles. The number of hydrogen-bond acceptors (Lipinski definition) is 4. The molecule has 114 valence electrons. The number of carbonyl (C=O) groups is 1. The fourth-order valence-corrected chi connectivity index (χ4v) is 2.62. The van der Waals surface area contributed by atoms with Crippen molar-refractivity contribution in [1.82, 2.24) is 29.8 Å². The summed E-state index contributed by atoms with van der Waals surface area (Å²) in [4.78, 5) is 33.1. The Hall–Kier alpha value is -3.22. The number of nitrogens with one attached hydrogen (secondary N) is 2. The molecule has 23 heavy (non-hydrogen) atoms. The van der Waals surface area contributed by atoms with E-state index in [1.54, 1.807) is 24.3 Å². The zero-order valence-corrected chi connectivity index (χ0v) is 12.4. The van der Waals surface area contributed by atoms with Gasteiger partial charge in [0.2, 0.25) is 0 Å². The summed E-state index contributed by atoms with van der Waals surface area (Å²) in [7, 11) is 1.75. The third-order valence-corrected chi connectivity index (χ3v) is 3.76. The highest BCUT2D eigenvalue weighted by Crippen LogP contribution is 2.17. The van der Waals surface area contributed by atoms with Gasteiger partial charge in [0.1, 0.15) is 17.8 Å². The molecule has 0 fully saturated rings. The number of hydrogen-bond donors (Lipinski definition) is 2. The Bertz CT molecular complexity index is 969. The molecule has 0 aliphatic heterocycles. The maximum Gasteiger partial charge on any atom is 0.256 e. The molecule has 3 aromatic heterocycles. The normalized spacial score (nSPS) is 11.2. The molecule has 0 aliphatic rings. The van der Waals surface area contributed by atoms with E-state index in [-0.39, 0.29) is 5.91 Å². The maximum atomic E-state index is 12.6. The fourth-order valence-electron chi connectivity index (χ4n) is 2.62. The molecule has 0 saturated heterocycles. The Morgan fingerprint density at radius 1 is 1.30 bits per heavy atom. The van der Waals surface area contributed by atoms with Crippen LogP contribution in [0.3, 0.4) is 0 Å². The van der Waals surface area contributed by atoms with Crippen molar-refractivity contribution < 1.29 is 4.79 Å². The van der Waals surface area contributed by atoms with E-state index in [2.05, 4.69) is 24.9 Å². The van der Waals surface area contributed by atoms with Crippen LogP contribution in [0.25, 0.3) is 22.1 Å². The lowest BCUT2D eigenvalue weighted by Crippen LogP contribution is -2.26. The van der Waals surface area contributed by atoms with E-state index < -0.39 is 0 Å². The summed E-state index contributed by atoms with van der Waals surface area (Å²) in [5, 5.41) is 0.717. The molecule has 7 nitrogen and oxygen atoms in total. The number of nitrogens with zero attached hydrogens (tertiary/aromatic N) is 4. The molecule has 0 spiro atoms. The Morgan fingerprint density at radius 3 is 3.04 bits per heavy atom. The standard InChI is InChI=1S/C16H14N6O/c1-22(8-14-20-12-4-2-3-5-13(12)21-14)16(23)11-7-18-15-10(11)6-17-9-19-15/h2-7,9H,8H2,1H3,(H,20,21)(H,17,18,19). The lowest BCUT2D eigenvalue weighted by atomic mass is 10.2. The molecule has 0 unspecified atom stereocenters. The molecular formula is C16H14N6O. The van der Waals surface area contributed by atoms with Crippen molar-refractivity contribution in [2.75, 3.05) is 7.05 Å². The summed E-state index contributed by atoms with van der Waals surface area (Å²) in [5.74, 6) is 0.643. The van der Waals surface area contributed by atoms with Gasteiger partial charge in [-0.2, -0.15) is 0 Å². The summed E-state index contributed by atoms with van der Waals surface area (Å²) >= 11 is 0. The predicted octanol–water partition coefficient (Wildman–Crippen LogP) is 2.11. The van der Waals surface area contributed by atoms with E-state index in [0.717, 1.165) is 16.9 Å². The van der Waals surface area contributed by atoms with Crippen LogP contribution in [0.5, 0.6) is 0 Å². The minimum atomic E-state index is -0.105. The van der Waals surface area contributed by atoms with Gasteiger partial charge in [-0.1, -0.05) is 12.1 Å². The van der Waals surface area contributed by atoms with E-state index in [1.807, 2.05) is 24.3 Å². The number of H-pyrrole nitrogens is 2. The van der Waals surface area contributed by atoms with Gasteiger partial charge in [0.25, 0.3) is 5.91 Å². The topological polar surface area (TPSA) is 90.6 Å². The minimum Gasteiger partial charge on any atom is -0.345 e. The molecule has 0 bridgehead atoms. The van der Waals surface area contributed by atoms with Crippen molar-refractivity contribution in [3.8, 4) is 0 Å². The highest BCUT2D eigenvalue weighted by atomic mass is 16.2. The molecule has 0 radical (unpaired) electrons. The van der Waals surface area contributed by atoms with Crippen molar-refractivity contribution in [2.24, 2.45) is 0 Å². The van der Waals surface area contributed by atoms with Gasteiger partial charge in [0.15, 0.2) is 0 Å². The lowest BCUT2D eigenvalue weighted by Gasteiger charge is -2.15. The first-order valence-electron chi connectivity index (χ1n) is 7.18. The Morgan fingerprint density at radius 2 is 2.17 bits per heavy atom. The lowest BCUT2D eigenvalue weighted by molar-refractivity contribution is 0.0784. The van der Waals surface area contributed by atoms with E-state index in [4.69, 9.17) is 0 Å². The second-order valence-electron chi connectivity index (χ2n) is 5.35. The van der Waals surface area contributed by atoms with Crippen LogP contribution in [-0.2, 0) is 6.54 Å². The number of carbonyl (C=O) groups excluding carboxylic acids is 1. The summed E-state index contributed by atoms with van der Waals surface area (Å²) in [6.07, 6.45) is 4.75. The molecule has 7 heteroatoms. The second kappa shape index (κ2) is 5.20. The number of fused-ring (bicyclic) bond motifs is 2. The molecule has 2 N–H and O–H groups in total. The summed E-state index contributed by atoms with van der Waals surface area (Å²) < 4.78 is 0. The van der Waals surface area contributed by atoms with Crippen molar-refractivity contribution >= 4 is 28.0 Å². The van der Waals surface area contributed by atoms with Crippen molar-refractivity contribution in [3.63, 3.8) is 0 Å². The largest absolute Gasteiger partial charge is 0.345 e. The van der Waals surface area contributed by atoms with E-state index >= 15 is 0 Å². The van der Waals surface area contributed by atoms with Crippen LogP contribution in [0.15, 0.2) is 43.0 Å². The molecule has 1 aromatic carbocycles. The molecule has 0 saturated carbocycles. The molecule has 4 rings (SSSR count). The molecule has 0 atom stereocenters. The van der Waals surface area contributed by atoms with Crippen LogP contribution in [0, 0.1) is 0 Å². The molecule has 3 heterocycles. The van der Waals surface area contributed by atoms with Gasteiger partial charge >= 0.3 is 0 Å². The maximum absolute atomic E-state index is 12.6. The van der Waals surface area contributed by atoms with Gasteiger partial charge in [0, 0.05) is 24.8 Å². The van der Waals surface area contributed by atoms with Gasteiger partial charge in [-0.25, -0.2) is 15.0 Å². The van der Waals surface area contributed by atoms with Crippen molar-refractivity contribution in [2.45, 2.75) is 6.54 Å². The SMILES string of the molecule is CN(Cc1nc2ccccc2[nH]1)C(=O)c1c[nH]c2ncncc12. The van der Waals surface area contributed by atoms with Crippen molar-refractivity contribution in [3.05, 3.63) is 54.4 Å². The highest BCUT2D eigenvalue weighted by Gasteiger charge is 2.18. The summed E-state index contributed by atoms with van der Waals surface area (Å²) in [6.45, 7) is 0.397. The van der Waals surface area contributed by atoms with E-state index in [0.29, 0.717) is 23.1 Å². The molecule has 1 amide bonds. The summed E-state index contributed by atoms with van der Waals surface area (Å²) in [6, 6.07) is 7.79. The first-order chi connectivity index (χ1) is 11.2. The fraction of sp³-hybridized carbons (Fsp3) is 0.125. The number of aromatic amines is 2. The van der Waals surface area contributed by atoms with Crippen LogP contribution >= 0.6 is 0 Å². The Labute approximate surface area is 131 Å². The Kier molecular flexibility index (Phi) is 3.04. The van der Waals surface area contributed by atoms with E-state index in [1.165, 1.54) is 6.33 Å². The monoisotopic (exact) mass is 306 g/mol. The number of benzene rings is 1. The van der Waals surface area contributed by atoms with Crippen LogP contribution in [0.2, 0.25) is 0 Å². The zero-order valence-electron chi connectivity index (χ0n) is 12.4. The van der Waals surface area contributed by atoms with Gasteiger partial charge in [-0.3, -0.25) is 4.79 Å². The zero-order chi connectivity index (χ0) is 15.8. The number of aromatic nitrogens is 5. The number of amides is 1.